The van der Waals surface area contributed by atoms with Gasteiger partial charge in [-0.3, -0.25) is 0 Å². The van der Waals surface area contributed by atoms with Crippen molar-refractivity contribution in [2.45, 2.75) is 64.1 Å². The minimum atomic E-state index is -0.183. The van der Waals surface area contributed by atoms with Gasteiger partial charge in [-0.05, 0) is 31.7 Å². The molecule has 2 aliphatic rings. The fourth-order valence-electron chi connectivity index (χ4n) is 3.63. The van der Waals surface area contributed by atoms with Crippen molar-refractivity contribution >= 4 is 17.3 Å². The van der Waals surface area contributed by atoms with Crippen LogP contribution in [0.4, 0.5) is 0 Å². The molecule has 0 amide bonds. The normalized spacial score (nSPS) is 23.9. The molecule has 0 saturated heterocycles. The van der Waals surface area contributed by atoms with Gasteiger partial charge >= 0.3 is 5.97 Å². The summed E-state index contributed by atoms with van der Waals surface area (Å²) in [4.78, 5) is 15.5. The molecular formula is C16H24NO2S+. The van der Waals surface area contributed by atoms with E-state index in [1.807, 2.05) is 0 Å². The Labute approximate surface area is 124 Å². The van der Waals surface area contributed by atoms with E-state index in [-0.39, 0.29) is 5.97 Å². The Hall–Kier alpha value is -0.870. The number of esters is 1. The van der Waals surface area contributed by atoms with Crippen LogP contribution in [0.25, 0.3) is 0 Å². The standard InChI is InChI=1S/C16H23NO2S/c1-19-16(18)14-9-12-10-17(11-15(12)20-14)13-7-5-3-2-4-6-8-13/h9,13H,2-8,10-11H2,1H3/p+1. The molecule has 1 atom stereocenters. The molecule has 1 aromatic heterocycles. The number of carbonyl (C=O) groups excluding carboxylic acids is 1. The molecule has 1 saturated carbocycles. The zero-order valence-electron chi connectivity index (χ0n) is 12.2. The first kappa shape index (κ1) is 14.1. The molecule has 3 rings (SSSR count). The second-order valence-electron chi connectivity index (χ2n) is 6.10. The van der Waals surface area contributed by atoms with Crippen molar-refractivity contribution in [1.29, 1.82) is 0 Å². The van der Waals surface area contributed by atoms with E-state index >= 15 is 0 Å². The van der Waals surface area contributed by atoms with Gasteiger partial charge in [0, 0.05) is 5.56 Å². The minimum Gasteiger partial charge on any atom is -0.465 e. The van der Waals surface area contributed by atoms with E-state index in [2.05, 4.69) is 6.07 Å². The van der Waals surface area contributed by atoms with Gasteiger partial charge in [0.05, 0.1) is 18.0 Å². The molecular weight excluding hydrogens is 270 g/mol. The van der Waals surface area contributed by atoms with Crippen LogP contribution in [-0.4, -0.2) is 19.1 Å². The highest BCUT2D eigenvalue weighted by Gasteiger charge is 2.32. The molecule has 3 nitrogen and oxygen atoms in total. The van der Waals surface area contributed by atoms with Crippen LogP contribution >= 0.6 is 11.3 Å². The van der Waals surface area contributed by atoms with Crippen LogP contribution in [0.15, 0.2) is 6.07 Å². The monoisotopic (exact) mass is 294 g/mol. The summed E-state index contributed by atoms with van der Waals surface area (Å²) in [6.07, 6.45) is 9.82. The molecule has 4 heteroatoms. The van der Waals surface area contributed by atoms with Gasteiger partial charge in [-0.15, -0.1) is 11.3 Å². The van der Waals surface area contributed by atoms with E-state index in [1.165, 1.54) is 62.5 Å². The Balaban J connectivity index is 1.64. The van der Waals surface area contributed by atoms with Crippen LogP contribution in [0, 0.1) is 0 Å². The number of ether oxygens (including phenoxy) is 1. The third kappa shape index (κ3) is 2.91. The van der Waals surface area contributed by atoms with Gasteiger partial charge in [0.15, 0.2) is 0 Å². The predicted molar refractivity (Wildman–Crippen MR) is 80.1 cm³/mol. The Morgan fingerprint density at radius 1 is 1.20 bits per heavy atom. The molecule has 2 heterocycles. The third-order valence-corrected chi connectivity index (χ3v) is 5.93. The molecule has 1 fully saturated rings. The van der Waals surface area contributed by atoms with Crippen LogP contribution < -0.4 is 4.90 Å². The topological polar surface area (TPSA) is 30.7 Å². The predicted octanol–water partition coefficient (Wildman–Crippen LogP) is 2.55. The zero-order chi connectivity index (χ0) is 13.9. The SMILES string of the molecule is COC(=O)c1cc2c(s1)C[NH+](C1CCCCCCC1)C2. The van der Waals surface area contributed by atoms with E-state index in [1.54, 1.807) is 16.2 Å². The molecule has 1 N–H and O–H groups in total. The summed E-state index contributed by atoms with van der Waals surface area (Å²) in [6, 6.07) is 2.89. The Morgan fingerprint density at radius 2 is 1.90 bits per heavy atom. The average Bonchev–Trinajstić information content (AvgIpc) is 2.95. The summed E-state index contributed by atoms with van der Waals surface area (Å²) < 4.78 is 4.81. The van der Waals surface area contributed by atoms with Gasteiger partial charge in [-0.2, -0.15) is 0 Å². The van der Waals surface area contributed by atoms with Crippen molar-refractivity contribution in [3.63, 3.8) is 0 Å². The summed E-state index contributed by atoms with van der Waals surface area (Å²) in [6.45, 7) is 2.22. The maximum atomic E-state index is 11.6. The summed E-state index contributed by atoms with van der Waals surface area (Å²) >= 11 is 1.64. The van der Waals surface area contributed by atoms with Gasteiger partial charge in [-0.1, -0.05) is 19.3 Å². The second-order valence-corrected chi connectivity index (χ2v) is 7.24. The molecule has 0 radical (unpaired) electrons. The highest BCUT2D eigenvalue weighted by molar-refractivity contribution is 7.14. The number of fused-ring (bicyclic) bond motifs is 1. The van der Waals surface area contributed by atoms with Crippen molar-refractivity contribution < 1.29 is 14.4 Å². The van der Waals surface area contributed by atoms with Crippen molar-refractivity contribution in [2.24, 2.45) is 0 Å². The van der Waals surface area contributed by atoms with Gasteiger partial charge < -0.3 is 9.64 Å². The first-order chi connectivity index (χ1) is 9.78. The van der Waals surface area contributed by atoms with E-state index < -0.39 is 0 Å². The molecule has 0 spiro atoms. The molecule has 110 valence electrons. The zero-order valence-corrected chi connectivity index (χ0v) is 13.1. The third-order valence-electron chi connectivity index (χ3n) is 4.77. The fraction of sp³-hybridized carbons (Fsp3) is 0.688. The van der Waals surface area contributed by atoms with E-state index in [4.69, 9.17) is 4.74 Å². The maximum Gasteiger partial charge on any atom is 0.348 e. The lowest BCUT2D eigenvalue weighted by Crippen LogP contribution is -3.11. The molecule has 1 unspecified atom stereocenters. The number of quaternary nitrogens is 1. The van der Waals surface area contributed by atoms with Gasteiger partial charge in [0.1, 0.15) is 18.0 Å². The number of thiophene rings is 1. The lowest BCUT2D eigenvalue weighted by molar-refractivity contribution is -0.946. The Kier molecular flexibility index (Phi) is 4.41. The molecule has 1 aromatic rings. The van der Waals surface area contributed by atoms with Gasteiger partial charge in [-0.25, -0.2) is 4.79 Å². The summed E-state index contributed by atoms with van der Waals surface area (Å²) in [5.74, 6) is -0.183. The van der Waals surface area contributed by atoms with Crippen molar-refractivity contribution in [2.75, 3.05) is 7.11 Å². The average molecular weight is 294 g/mol. The van der Waals surface area contributed by atoms with E-state index in [0.29, 0.717) is 0 Å². The largest absolute Gasteiger partial charge is 0.465 e. The van der Waals surface area contributed by atoms with Crippen molar-refractivity contribution in [1.82, 2.24) is 0 Å². The number of nitrogens with one attached hydrogen (secondary N) is 1. The lowest BCUT2D eigenvalue weighted by atomic mass is 9.96. The number of carbonyl (C=O) groups is 1. The van der Waals surface area contributed by atoms with E-state index in [9.17, 15) is 4.79 Å². The van der Waals surface area contributed by atoms with Gasteiger partial charge in [0.25, 0.3) is 0 Å². The van der Waals surface area contributed by atoms with Crippen LogP contribution in [0.2, 0.25) is 0 Å². The van der Waals surface area contributed by atoms with Crippen LogP contribution in [0.5, 0.6) is 0 Å². The van der Waals surface area contributed by atoms with E-state index in [0.717, 1.165) is 24.0 Å². The number of methoxy groups -OCH3 is 1. The molecule has 1 aliphatic heterocycles. The molecule has 0 bridgehead atoms. The van der Waals surface area contributed by atoms with Crippen LogP contribution in [-0.2, 0) is 17.8 Å². The quantitative estimate of drug-likeness (QED) is 0.850. The first-order valence-electron chi connectivity index (χ1n) is 7.82. The van der Waals surface area contributed by atoms with Crippen LogP contribution in [0.1, 0.15) is 65.1 Å². The maximum absolute atomic E-state index is 11.6. The number of hydrogen-bond donors (Lipinski definition) is 1. The molecule has 20 heavy (non-hydrogen) atoms. The highest BCUT2D eigenvalue weighted by Crippen LogP contribution is 2.26. The minimum absolute atomic E-state index is 0.183. The molecule has 1 aliphatic carbocycles. The number of rotatable bonds is 2. The van der Waals surface area contributed by atoms with Gasteiger partial charge in [0.2, 0.25) is 0 Å². The Bertz CT molecular complexity index is 451. The highest BCUT2D eigenvalue weighted by atomic mass is 32.1. The number of hydrogen-bond acceptors (Lipinski definition) is 3. The summed E-state index contributed by atoms with van der Waals surface area (Å²) in [5, 5.41) is 0. The first-order valence-corrected chi connectivity index (χ1v) is 8.64. The smallest absolute Gasteiger partial charge is 0.348 e. The fourth-order valence-corrected chi connectivity index (χ4v) is 4.79. The van der Waals surface area contributed by atoms with Crippen molar-refractivity contribution in [3.8, 4) is 0 Å². The second kappa shape index (κ2) is 6.27. The Morgan fingerprint density at radius 3 is 2.55 bits per heavy atom. The molecule has 0 aromatic carbocycles. The van der Waals surface area contributed by atoms with Crippen LogP contribution in [0.3, 0.4) is 0 Å². The summed E-state index contributed by atoms with van der Waals surface area (Å²) in [5.41, 5.74) is 1.38. The summed E-state index contributed by atoms with van der Waals surface area (Å²) in [7, 11) is 1.46. The lowest BCUT2D eigenvalue weighted by Gasteiger charge is -2.26. The van der Waals surface area contributed by atoms with Crippen molar-refractivity contribution in [3.05, 3.63) is 21.4 Å².